The largest absolute Gasteiger partial charge is 0.487 e. The predicted molar refractivity (Wildman–Crippen MR) is 101 cm³/mol. The number of nitrogens with zero attached hydrogens (tertiary/aromatic N) is 1. The van der Waals surface area contributed by atoms with Gasteiger partial charge in [-0.15, -0.1) is 24.0 Å². The molecule has 4 nitrogen and oxygen atoms in total. The van der Waals surface area contributed by atoms with E-state index in [0.29, 0.717) is 29.2 Å². The fourth-order valence-corrected chi connectivity index (χ4v) is 1.75. The molecule has 0 amide bonds. The predicted octanol–water partition coefficient (Wildman–Crippen LogP) is 3.68. The van der Waals surface area contributed by atoms with Gasteiger partial charge in [0, 0.05) is 6.54 Å². The number of nitrogens with one attached hydrogen (secondary N) is 1. The first-order valence-corrected chi connectivity index (χ1v) is 7.31. The van der Waals surface area contributed by atoms with E-state index in [9.17, 15) is 0 Å². The van der Waals surface area contributed by atoms with E-state index in [0.717, 1.165) is 13.0 Å². The zero-order valence-corrected chi connectivity index (χ0v) is 15.9. The number of halogens is 2. The van der Waals surface area contributed by atoms with Crippen LogP contribution in [0.15, 0.2) is 29.3 Å². The quantitative estimate of drug-likeness (QED) is 0.398. The van der Waals surface area contributed by atoms with Crippen LogP contribution in [0.25, 0.3) is 0 Å². The van der Waals surface area contributed by atoms with Gasteiger partial charge in [0.15, 0.2) is 5.96 Å². The Hall–Kier alpha value is -0.690. The van der Waals surface area contributed by atoms with Crippen molar-refractivity contribution >= 4 is 41.5 Å². The van der Waals surface area contributed by atoms with Crippen molar-refractivity contribution in [3.05, 3.63) is 29.3 Å². The minimum absolute atomic E-state index is 0. The average molecular weight is 426 g/mol. The van der Waals surface area contributed by atoms with Gasteiger partial charge in [0.25, 0.3) is 0 Å². The number of hydrogen-bond acceptors (Lipinski definition) is 2. The van der Waals surface area contributed by atoms with Gasteiger partial charge < -0.3 is 15.8 Å². The Morgan fingerprint density at radius 2 is 2.00 bits per heavy atom. The molecule has 6 heteroatoms. The van der Waals surface area contributed by atoms with Gasteiger partial charge in [-0.1, -0.05) is 37.6 Å². The summed E-state index contributed by atoms with van der Waals surface area (Å²) in [5.74, 6) is 1.78. The second-order valence-corrected chi connectivity index (χ2v) is 5.60. The Balaban J connectivity index is 0.00000400. The molecule has 0 heterocycles. The van der Waals surface area contributed by atoms with E-state index < -0.39 is 0 Å². The summed E-state index contributed by atoms with van der Waals surface area (Å²) in [4.78, 5) is 4.26. The van der Waals surface area contributed by atoms with Crippen LogP contribution in [0.3, 0.4) is 0 Å². The molecule has 1 unspecified atom stereocenters. The van der Waals surface area contributed by atoms with E-state index in [2.05, 4.69) is 24.2 Å². The molecule has 1 aromatic rings. The van der Waals surface area contributed by atoms with Crippen LogP contribution in [-0.2, 0) is 0 Å². The van der Waals surface area contributed by atoms with Gasteiger partial charge in [0.1, 0.15) is 11.9 Å². The van der Waals surface area contributed by atoms with E-state index in [4.69, 9.17) is 22.1 Å². The van der Waals surface area contributed by atoms with Gasteiger partial charge in [-0.2, -0.15) is 0 Å². The molecule has 0 aliphatic carbocycles. The summed E-state index contributed by atoms with van der Waals surface area (Å²) in [5, 5.41) is 3.69. The molecule has 120 valence electrons. The highest BCUT2D eigenvalue weighted by Gasteiger charge is 2.06. The maximum absolute atomic E-state index is 6.03. The Morgan fingerprint density at radius 3 is 2.62 bits per heavy atom. The van der Waals surface area contributed by atoms with Crippen LogP contribution < -0.4 is 15.8 Å². The smallest absolute Gasteiger partial charge is 0.188 e. The van der Waals surface area contributed by atoms with Crippen LogP contribution in [0.4, 0.5) is 0 Å². The lowest BCUT2D eigenvalue weighted by atomic mass is 10.1. The molecule has 1 rings (SSSR count). The molecule has 0 spiro atoms. The minimum atomic E-state index is -0.0830. The SMILES string of the molecule is CC(C)CCNC(N)=NCC(C)Oc1ccccc1Cl.I. The number of guanidine groups is 1. The van der Waals surface area contributed by atoms with Gasteiger partial charge in [0.2, 0.25) is 0 Å². The van der Waals surface area contributed by atoms with Crippen LogP contribution in [-0.4, -0.2) is 25.2 Å². The zero-order valence-electron chi connectivity index (χ0n) is 12.8. The van der Waals surface area contributed by atoms with Crippen LogP contribution in [0.1, 0.15) is 27.2 Å². The maximum atomic E-state index is 6.03. The van der Waals surface area contributed by atoms with E-state index in [-0.39, 0.29) is 30.1 Å². The fraction of sp³-hybridized carbons (Fsp3) is 0.533. The molecule has 0 saturated carbocycles. The molecule has 0 aliphatic heterocycles. The lowest BCUT2D eigenvalue weighted by Gasteiger charge is -2.14. The number of benzene rings is 1. The Labute approximate surface area is 149 Å². The van der Waals surface area contributed by atoms with Gasteiger partial charge in [0.05, 0.1) is 11.6 Å². The molecule has 1 atom stereocenters. The highest BCUT2D eigenvalue weighted by molar-refractivity contribution is 14.0. The van der Waals surface area contributed by atoms with Crippen molar-refractivity contribution in [2.24, 2.45) is 16.6 Å². The standard InChI is InChI=1S/C15H24ClN3O.HI/c1-11(2)8-9-18-15(17)19-10-12(3)20-14-7-5-4-6-13(14)16;/h4-7,11-12H,8-10H2,1-3H3,(H3,17,18,19);1H. The number of ether oxygens (including phenoxy) is 1. The van der Waals surface area contributed by atoms with Crippen molar-refractivity contribution in [3.63, 3.8) is 0 Å². The van der Waals surface area contributed by atoms with Crippen LogP contribution in [0, 0.1) is 5.92 Å². The zero-order chi connectivity index (χ0) is 15.0. The van der Waals surface area contributed by atoms with E-state index in [1.54, 1.807) is 6.07 Å². The summed E-state index contributed by atoms with van der Waals surface area (Å²) in [6.07, 6.45) is 0.988. The molecule has 1 aromatic carbocycles. The van der Waals surface area contributed by atoms with Crippen LogP contribution in [0.2, 0.25) is 5.02 Å². The summed E-state index contributed by atoms with van der Waals surface area (Å²) in [6.45, 7) is 7.62. The second kappa shape index (κ2) is 11.0. The Morgan fingerprint density at radius 1 is 1.33 bits per heavy atom. The van der Waals surface area contributed by atoms with Crippen molar-refractivity contribution in [1.29, 1.82) is 0 Å². The first-order chi connectivity index (χ1) is 9.49. The first-order valence-electron chi connectivity index (χ1n) is 6.94. The van der Waals surface area contributed by atoms with Crippen molar-refractivity contribution < 1.29 is 4.74 Å². The summed E-state index contributed by atoms with van der Waals surface area (Å²) in [7, 11) is 0. The third kappa shape index (κ3) is 9.03. The topological polar surface area (TPSA) is 59.6 Å². The summed E-state index contributed by atoms with van der Waals surface area (Å²) in [5.41, 5.74) is 5.79. The Kier molecular flexibility index (Phi) is 10.6. The van der Waals surface area contributed by atoms with E-state index in [1.165, 1.54) is 0 Å². The van der Waals surface area contributed by atoms with Gasteiger partial charge >= 0.3 is 0 Å². The lowest BCUT2D eigenvalue weighted by Crippen LogP contribution is -2.34. The number of para-hydroxylation sites is 1. The molecular weight excluding hydrogens is 401 g/mol. The highest BCUT2D eigenvalue weighted by Crippen LogP contribution is 2.24. The van der Waals surface area contributed by atoms with Gasteiger partial charge in [-0.3, -0.25) is 0 Å². The first kappa shape index (κ1) is 20.3. The number of nitrogens with two attached hydrogens (primary N) is 1. The molecular formula is C15H25ClIN3O. The van der Waals surface area contributed by atoms with Gasteiger partial charge in [-0.25, -0.2) is 4.99 Å². The van der Waals surface area contributed by atoms with Gasteiger partial charge in [-0.05, 0) is 31.4 Å². The molecule has 3 N–H and O–H groups in total. The van der Waals surface area contributed by atoms with Crippen LogP contribution in [0.5, 0.6) is 5.75 Å². The Bertz CT molecular complexity index is 441. The molecule has 0 radical (unpaired) electrons. The lowest BCUT2D eigenvalue weighted by molar-refractivity contribution is 0.230. The van der Waals surface area contributed by atoms with E-state index in [1.807, 2.05) is 25.1 Å². The number of hydrogen-bond donors (Lipinski definition) is 2. The summed E-state index contributed by atoms with van der Waals surface area (Å²) < 4.78 is 5.72. The van der Waals surface area contributed by atoms with Crippen molar-refractivity contribution in [2.75, 3.05) is 13.1 Å². The number of rotatable bonds is 7. The van der Waals surface area contributed by atoms with Crippen molar-refractivity contribution in [3.8, 4) is 5.75 Å². The maximum Gasteiger partial charge on any atom is 0.188 e. The molecule has 0 aliphatic rings. The van der Waals surface area contributed by atoms with Crippen LogP contribution >= 0.6 is 35.6 Å². The molecule has 0 bridgehead atoms. The molecule has 0 aromatic heterocycles. The normalized spacial score (nSPS) is 12.7. The summed E-state index contributed by atoms with van der Waals surface area (Å²) >= 11 is 6.03. The fourth-order valence-electron chi connectivity index (χ4n) is 1.57. The second-order valence-electron chi connectivity index (χ2n) is 5.19. The monoisotopic (exact) mass is 425 g/mol. The van der Waals surface area contributed by atoms with Crippen molar-refractivity contribution in [2.45, 2.75) is 33.3 Å². The summed E-state index contributed by atoms with van der Waals surface area (Å²) in [6, 6.07) is 7.40. The third-order valence-corrected chi connectivity index (χ3v) is 3.02. The molecule has 0 fully saturated rings. The third-order valence-electron chi connectivity index (χ3n) is 2.71. The molecule has 21 heavy (non-hydrogen) atoms. The number of aliphatic imine (C=N–C) groups is 1. The molecule has 0 saturated heterocycles. The van der Waals surface area contributed by atoms with E-state index >= 15 is 0 Å². The van der Waals surface area contributed by atoms with Crippen molar-refractivity contribution in [1.82, 2.24) is 5.32 Å². The average Bonchev–Trinajstić information content (AvgIpc) is 2.39. The minimum Gasteiger partial charge on any atom is -0.487 e. The highest BCUT2D eigenvalue weighted by atomic mass is 127.